The Balaban J connectivity index is 1.69. The molecule has 6 nitrogen and oxygen atoms in total. The summed E-state index contributed by atoms with van der Waals surface area (Å²) in [5.74, 6) is 0.590. The average molecular weight is 396 g/mol. The van der Waals surface area contributed by atoms with Gasteiger partial charge in [-0.1, -0.05) is 53.5 Å². The van der Waals surface area contributed by atoms with Crippen molar-refractivity contribution < 1.29 is 4.79 Å². The van der Waals surface area contributed by atoms with Crippen molar-refractivity contribution in [1.82, 2.24) is 20.5 Å². The molecule has 3 N–H and O–H groups in total. The Labute approximate surface area is 163 Å². The standard InChI is InChI=1S/C18H23Cl2N5O/c1-21-18(24-12-14-10-15(19)17(20)25(14)2)22-9-8-16(26)23-11-13-6-4-3-5-7-13/h3-7,10H,8-9,11-12H2,1-2H3,(H,23,26)(H2,21,22,24). The van der Waals surface area contributed by atoms with Crippen molar-refractivity contribution in [2.24, 2.45) is 12.0 Å². The second-order valence-corrected chi connectivity index (χ2v) is 6.46. The molecule has 26 heavy (non-hydrogen) atoms. The van der Waals surface area contributed by atoms with Crippen molar-refractivity contribution in [2.75, 3.05) is 13.6 Å². The van der Waals surface area contributed by atoms with Gasteiger partial charge in [-0.25, -0.2) is 0 Å². The summed E-state index contributed by atoms with van der Waals surface area (Å²) in [5, 5.41) is 10.2. The van der Waals surface area contributed by atoms with Gasteiger partial charge in [0.05, 0.1) is 11.6 Å². The summed E-state index contributed by atoms with van der Waals surface area (Å²) in [6.07, 6.45) is 0.356. The quantitative estimate of drug-likeness (QED) is 0.498. The fraction of sp³-hybridized carbons (Fsp3) is 0.333. The molecule has 0 fully saturated rings. The number of hydrogen-bond donors (Lipinski definition) is 3. The van der Waals surface area contributed by atoms with Crippen molar-refractivity contribution in [1.29, 1.82) is 0 Å². The first-order valence-electron chi connectivity index (χ1n) is 8.26. The Kier molecular flexibility index (Phi) is 7.81. The maximum atomic E-state index is 11.9. The van der Waals surface area contributed by atoms with Gasteiger partial charge in [-0.2, -0.15) is 0 Å². The van der Waals surface area contributed by atoms with Crippen LogP contribution in [0.3, 0.4) is 0 Å². The van der Waals surface area contributed by atoms with Gasteiger partial charge in [0, 0.05) is 39.3 Å². The van der Waals surface area contributed by atoms with Crippen LogP contribution in [-0.2, 0) is 24.9 Å². The Morgan fingerprint density at radius 2 is 1.85 bits per heavy atom. The molecule has 140 valence electrons. The lowest BCUT2D eigenvalue weighted by molar-refractivity contribution is -0.121. The number of guanidine groups is 1. The molecule has 8 heteroatoms. The van der Waals surface area contributed by atoms with Gasteiger partial charge in [0.15, 0.2) is 5.96 Å². The molecule has 0 aliphatic rings. The number of carbonyl (C=O) groups excluding carboxylic acids is 1. The van der Waals surface area contributed by atoms with E-state index in [2.05, 4.69) is 20.9 Å². The normalized spacial score (nSPS) is 11.3. The van der Waals surface area contributed by atoms with Crippen molar-refractivity contribution in [3.05, 3.63) is 57.8 Å². The van der Waals surface area contributed by atoms with Crippen LogP contribution in [0.25, 0.3) is 0 Å². The van der Waals surface area contributed by atoms with E-state index in [1.807, 2.05) is 37.4 Å². The van der Waals surface area contributed by atoms with Gasteiger partial charge in [-0.15, -0.1) is 0 Å². The third-order valence-corrected chi connectivity index (χ3v) is 4.70. The molecule has 2 aromatic rings. The maximum absolute atomic E-state index is 11.9. The van der Waals surface area contributed by atoms with Crippen LogP contribution in [-0.4, -0.2) is 30.0 Å². The molecule has 0 saturated carbocycles. The van der Waals surface area contributed by atoms with Gasteiger partial charge in [0.25, 0.3) is 0 Å². The van der Waals surface area contributed by atoms with Crippen LogP contribution in [0.4, 0.5) is 0 Å². The van der Waals surface area contributed by atoms with Crippen LogP contribution in [0.5, 0.6) is 0 Å². The summed E-state index contributed by atoms with van der Waals surface area (Å²) >= 11 is 12.1. The highest BCUT2D eigenvalue weighted by atomic mass is 35.5. The van der Waals surface area contributed by atoms with E-state index in [1.165, 1.54) is 0 Å². The van der Waals surface area contributed by atoms with Gasteiger partial charge >= 0.3 is 0 Å². The molecule has 0 radical (unpaired) electrons. The van der Waals surface area contributed by atoms with E-state index in [0.29, 0.717) is 42.2 Å². The Morgan fingerprint density at radius 1 is 1.12 bits per heavy atom. The topological polar surface area (TPSA) is 70.4 Å². The fourth-order valence-corrected chi connectivity index (χ4v) is 2.75. The summed E-state index contributed by atoms with van der Waals surface area (Å²) in [7, 11) is 3.52. The lowest BCUT2D eigenvalue weighted by atomic mass is 10.2. The second kappa shape index (κ2) is 10.1. The maximum Gasteiger partial charge on any atom is 0.222 e. The average Bonchev–Trinajstić information content (AvgIpc) is 2.90. The molecule has 1 heterocycles. The molecule has 2 rings (SSSR count). The van der Waals surface area contributed by atoms with E-state index < -0.39 is 0 Å². The molecule has 0 aliphatic heterocycles. The smallest absolute Gasteiger partial charge is 0.222 e. The summed E-state index contributed by atoms with van der Waals surface area (Å²) in [6.45, 7) is 1.53. The summed E-state index contributed by atoms with van der Waals surface area (Å²) < 4.78 is 1.81. The highest BCUT2D eigenvalue weighted by Gasteiger charge is 2.09. The van der Waals surface area contributed by atoms with Gasteiger partial charge in [-0.05, 0) is 11.6 Å². The molecule has 1 aromatic carbocycles. The Hall–Kier alpha value is -2.18. The van der Waals surface area contributed by atoms with Gasteiger partial charge in [0.2, 0.25) is 5.91 Å². The van der Waals surface area contributed by atoms with Crippen LogP contribution in [0.1, 0.15) is 17.7 Å². The largest absolute Gasteiger partial charge is 0.356 e. The molecule has 0 bridgehead atoms. The number of rotatable bonds is 7. The Bertz CT molecular complexity index is 758. The number of hydrogen-bond acceptors (Lipinski definition) is 2. The molecule has 0 saturated heterocycles. The van der Waals surface area contributed by atoms with Gasteiger partial charge in [0.1, 0.15) is 5.15 Å². The van der Waals surface area contributed by atoms with Crippen LogP contribution in [0, 0.1) is 0 Å². The minimum Gasteiger partial charge on any atom is -0.356 e. The first kappa shape index (κ1) is 20.1. The van der Waals surface area contributed by atoms with E-state index in [4.69, 9.17) is 23.2 Å². The lowest BCUT2D eigenvalue weighted by Crippen LogP contribution is -2.39. The first-order valence-corrected chi connectivity index (χ1v) is 9.01. The highest BCUT2D eigenvalue weighted by Crippen LogP contribution is 2.24. The molecule has 0 aliphatic carbocycles. The minimum atomic E-state index is -0.0159. The van der Waals surface area contributed by atoms with E-state index in [9.17, 15) is 4.79 Å². The minimum absolute atomic E-state index is 0.0159. The monoisotopic (exact) mass is 395 g/mol. The van der Waals surface area contributed by atoms with E-state index in [0.717, 1.165) is 11.3 Å². The number of amides is 1. The molecular formula is C18H23Cl2N5O. The zero-order valence-electron chi connectivity index (χ0n) is 14.9. The second-order valence-electron chi connectivity index (χ2n) is 5.70. The third-order valence-electron chi connectivity index (χ3n) is 3.85. The number of aromatic nitrogens is 1. The Morgan fingerprint density at radius 3 is 2.46 bits per heavy atom. The van der Waals surface area contributed by atoms with Crippen molar-refractivity contribution in [2.45, 2.75) is 19.5 Å². The number of aliphatic imine (C=N–C) groups is 1. The SMILES string of the molecule is CN=C(NCCC(=O)NCc1ccccc1)NCc1cc(Cl)c(Cl)n1C. The zero-order chi connectivity index (χ0) is 18.9. The molecule has 0 spiro atoms. The number of halogens is 2. The first-order chi connectivity index (χ1) is 12.5. The van der Waals surface area contributed by atoms with Gasteiger partial charge in [-0.3, -0.25) is 9.79 Å². The van der Waals surface area contributed by atoms with Crippen LogP contribution < -0.4 is 16.0 Å². The summed E-state index contributed by atoms with van der Waals surface area (Å²) in [4.78, 5) is 16.0. The fourth-order valence-electron chi connectivity index (χ4n) is 2.33. The van der Waals surface area contributed by atoms with Crippen molar-refractivity contribution in [3.8, 4) is 0 Å². The number of nitrogens with one attached hydrogen (secondary N) is 3. The van der Waals surface area contributed by atoms with Crippen LogP contribution >= 0.6 is 23.2 Å². The lowest BCUT2D eigenvalue weighted by Gasteiger charge is -2.12. The molecule has 1 amide bonds. The van der Waals surface area contributed by atoms with E-state index >= 15 is 0 Å². The molecule has 0 atom stereocenters. The molecule has 1 aromatic heterocycles. The number of benzene rings is 1. The predicted octanol–water partition coefficient (Wildman–Crippen LogP) is 2.70. The van der Waals surface area contributed by atoms with Gasteiger partial charge < -0.3 is 20.5 Å². The third kappa shape index (κ3) is 5.97. The van der Waals surface area contributed by atoms with Crippen LogP contribution in [0.15, 0.2) is 41.4 Å². The molecular weight excluding hydrogens is 373 g/mol. The predicted molar refractivity (Wildman–Crippen MR) is 107 cm³/mol. The van der Waals surface area contributed by atoms with Crippen molar-refractivity contribution >= 4 is 35.1 Å². The van der Waals surface area contributed by atoms with E-state index in [-0.39, 0.29) is 5.91 Å². The van der Waals surface area contributed by atoms with Crippen molar-refractivity contribution in [3.63, 3.8) is 0 Å². The van der Waals surface area contributed by atoms with Crippen LogP contribution in [0.2, 0.25) is 10.2 Å². The molecule has 0 unspecified atom stereocenters. The highest BCUT2D eigenvalue weighted by molar-refractivity contribution is 6.41. The summed E-state index contributed by atoms with van der Waals surface area (Å²) in [6, 6.07) is 11.6. The summed E-state index contributed by atoms with van der Waals surface area (Å²) in [5.41, 5.74) is 2.01. The zero-order valence-corrected chi connectivity index (χ0v) is 16.4. The number of carbonyl (C=O) groups is 1. The van der Waals surface area contributed by atoms with E-state index in [1.54, 1.807) is 17.7 Å². The number of nitrogens with zero attached hydrogens (tertiary/aromatic N) is 2.